The Labute approximate surface area is 216 Å². The molecule has 0 amide bonds. The number of ether oxygens (including phenoxy) is 1. The molecule has 3 heterocycles. The summed E-state index contributed by atoms with van der Waals surface area (Å²) >= 11 is 0. The van der Waals surface area contributed by atoms with Crippen LogP contribution in [0.5, 0.6) is 5.75 Å². The SMILES string of the molecule is Cc1ncc2cc(C3CCC(c4c(C)cccc4F)CC3)c(=O)n(Cc3ncccc3OC(F)(F)F)c2n1. The smallest absolute Gasteiger partial charge is 0.404 e. The van der Waals surface area contributed by atoms with Crippen LogP contribution >= 0.6 is 0 Å². The molecule has 5 rings (SSSR count). The van der Waals surface area contributed by atoms with E-state index in [1.165, 1.54) is 29.0 Å². The van der Waals surface area contributed by atoms with Crippen LogP contribution in [0.4, 0.5) is 17.6 Å². The Kier molecular flexibility index (Phi) is 6.90. The molecule has 10 heteroatoms. The van der Waals surface area contributed by atoms with Crippen LogP contribution in [0.1, 0.15) is 65.7 Å². The van der Waals surface area contributed by atoms with Crippen LogP contribution in [0.15, 0.2) is 53.6 Å². The Bertz CT molecular complexity index is 1520. The first-order valence-electron chi connectivity index (χ1n) is 12.4. The van der Waals surface area contributed by atoms with E-state index in [1.54, 1.807) is 25.3 Å². The van der Waals surface area contributed by atoms with Crippen molar-refractivity contribution in [3.05, 3.63) is 93.2 Å². The molecule has 198 valence electrons. The molecule has 6 nitrogen and oxygen atoms in total. The van der Waals surface area contributed by atoms with Gasteiger partial charge in [-0.3, -0.25) is 14.3 Å². The van der Waals surface area contributed by atoms with Crippen LogP contribution in [-0.4, -0.2) is 25.9 Å². The number of rotatable bonds is 5. The lowest BCUT2D eigenvalue weighted by atomic mass is 9.75. The summed E-state index contributed by atoms with van der Waals surface area (Å²) in [7, 11) is 0. The van der Waals surface area contributed by atoms with Gasteiger partial charge in [-0.1, -0.05) is 12.1 Å². The molecule has 3 aromatic heterocycles. The van der Waals surface area contributed by atoms with Crippen molar-refractivity contribution in [3.63, 3.8) is 0 Å². The fourth-order valence-corrected chi connectivity index (χ4v) is 5.47. The monoisotopic (exact) mass is 526 g/mol. The number of pyridine rings is 2. The lowest BCUT2D eigenvalue weighted by Gasteiger charge is -2.30. The summed E-state index contributed by atoms with van der Waals surface area (Å²) in [6.07, 6.45) is 0.853. The van der Waals surface area contributed by atoms with Gasteiger partial charge >= 0.3 is 6.36 Å². The fourth-order valence-electron chi connectivity index (χ4n) is 5.47. The van der Waals surface area contributed by atoms with Gasteiger partial charge < -0.3 is 4.74 Å². The van der Waals surface area contributed by atoms with Gasteiger partial charge in [-0.2, -0.15) is 0 Å². The second kappa shape index (κ2) is 10.2. The standard InChI is InChI=1S/C28H26F4N4O2/c1-16-5-3-6-22(29)25(16)19-10-8-18(9-11-19)21-13-20-14-34-17(2)35-26(20)36(27(21)37)15-23-24(7-4-12-33-23)38-28(30,31)32/h3-7,12-14,18-19H,8-11,15H2,1-2H3. The zero-order valence-electron chi connectivity index (χ0n) is 20.9. The highest BCUT2D eigenvalue weighted by atomic mass is 19.4. The highest BCUT2D eigenvalue weighted by molar-refractivity contribution is 5.75. The Morgan fingerprint density at radius 1 is 1.03 bits per heavy atom. The molecule has 38 heavy (non-hydrogen) atoms. The molecule has 0 bridgehead atoms. The molecule has 0 atom stereocenters. The van der Waals surface area contributed by atoms with Crippen molar-refractivity contribution in [3.8, 4) is 5.75 Å². The second-order valence-electron chi connectivity index (χ2n) is 9.70. The van der Waals surface area contributed by atoms with E-state index in [0.29, 0.717) is 35.3 Å². The van der Waals surface area contributed by atoms with E-state index in [1.807, 2.05) is 13.0 Å². The Hall–Kier alpha value is -3.82. The largest absolute Gasteiger partial charge is 0.573 e. The number of halogens is 4. The third kappa shape index (κ3) is 5.25. The van der Waals surface area contributed by atoms with Gasteiger partial charge in [-0.15, -0.1) is 13.2 Å². The normalized spacial score (nSPS) is 18.1. The van der Waals surface area contributed by atoms with Crippen LogP contribution in [0.3, 0.4) is 0 Å². The third-order valence-electron chi connectivity index (χ3n) is 7.20. The maximum atomic E-state index is 14.6. The molecule has 1 aromatic carbocycles. The number of alkyl halides is 3. The lowest BCUT2D eigenvalue weighted by Crippen LogP contribution is -2.29. The lowest BCUT2D eigenvalue weighted by molar-refractivity contribution is -0.275. The summed E-state index contributed by atoms with van der Waals surface area (Å²) < 4.78 is 59.1. The van der Waals surface area contributed by atoms with Gasteiger partial charge in [0.2, 0.25) is 0 Å². The fraction of sp³-hybridized carbons (Fsp3) is 0.357. The first-order valence-corrected chi connectivity index (χ1v) is 12.4. The van der Waals surface area contributed by atoms with Gasteiger partial charge in [-0.05, 0) is 86.8 Å². The van der Waals surface area contributed by atoms with Gasteiger partial charge in [0, 0.05) is 23.3 Å². The van der Waals surface area contributed by atoms with Gasteiger partial charge in [0.05, 0.1) is 6.54 Å². The summed E-state index contributed by atoms with van der Waals surface area (Å²) in [4.78, 5) is 26.5. The Balaban J connectivity index is 1.51. The number of aromatic nitrogens is 4. The van der Waals surface area contributed by atoms with Crippen LogP contribution in [0.25, 0.3) is 11.0 Å². The number of fused-ring (bicyclic) bond motifs is 1. The number of hydrogen-bond acceptors (Lipinski definition) is 5. The minimum absolute atomic E-state index is 0.0413. The number of benzene rings is 1. The molecule has 0 unspecified atom stereocenters. The zero-order valence-corrected chi connectivity index (χ0v) is 20.9. The van der Waals surface area contributed by atoms with Crippen LogP contribution in [0, 0.1) is 19.7 Å². The second-order valence-corrected chi connectivity index (χ2v) is 9.70. The van der Waals surface area contributed by atoms with Crippen molar-refractivity contribution in [2.75, 3.05) is 0 Å². The average molecular weight is 527 g/mol. The molecule has 4 aromatic rings. The van der Waals surface area contributed by atoms with E-state index in [-0.39, 0.29) is 35.5 Å². The molecule has 0 spiro atoms. The predicted octanol–water partition coefficient (Wildman–Crippen LogP) is 6.33. The Morgan fingerprint density at radius 2 is 1.76 bits per heavy atom. The van der Waals surface area contributed by atoms with E-state index in [4.69, 9.17) is 0 Å². The zero-order chi connectivity index (χ0) is 27.0. The summed E-state index contributed by atoms with van der Waals surface area (Å²) in [5, 5.41) is 0.603. The van der Waals surface area contributed by atoms with Gasteiger partial charge in [0.25, 0.3) is 5.56 Å². The first kappa shape index (κ1) is 25.8. The molecule has 1 aliphatic rings. The van der Waals surface area contributed by atoms with Crippen molar-refractivity contribution in [2.24, 2.45) is 0 Å². The van der Waals surface area contributed by atoms with Crippen LogP contribution in [0.2, 0.25) is 0 Å². The summed E-state index contributed by atoms with van der Waals surface area (Å²) in [5.74, 6) is -0.278. The molecule has 1 fully saturated rings. The number of aryl methyl sites for hydroxylation is 2. The van der Waals surface area contributed by atoms with Crippen molar-refractivity contribution >= 4 is 11.0 Å². The van der Waals surface area contributed by atoms with Crippen molar-refractivity contribution in [1.29, 1.82) is 0 Å². The predicted molar refractivity (Wildman–Crippen MR) is 134 cm³/mol. The van der Waals surface area contributed by atoms with Gasteiger partial charge in [-0.25, -0.2) is 14.4 Å². The third-order valence-corrected chi connectivity index (χ3v) is 7.20. The maximum absolute atomic E-state index is 14.6. The minimum atomic E-state index is -4.90. The van der Waals surface area contributed by atoms with Crippen molar-refractivity contribution in [1.82, 2.24) is 19.5 Å². The molecule has 0 saturated heterocycles. The van der Waals surface area contributed by atoms with E-state index < -0.39 is 12.1 Å². The van der Waals surface area contributed by atoms with Crippen molar-refractivity contribution < 1.29 is 22.3 Å². The quantitative estimate of drug-likeness (QED) is 0.284. The van der Waals surface area contributed by atoms with Crippen molar-refractivity contribution in [2.45, 2.75) is 64.3 Å². The average Bonchev–Trinajstić information content (AvgIpc) is 2.86. The first-order chi connectivity index (χ1) is 18.1. The van der Waals surface area contributed by atoms with E-state index >= 15 is 0 Å². The molecule has 1 saturated carbocycles. The van der Waals surface area contributed by atoms with Gasteiger partial charge in [0.1, 0.15) is 23.0 Å². The molecule has 0 aliphatic heterocycles. The maximum Gasteiger partial charge on any atom is 0.573 e. The molecule has 1 aliphatic carbocycles. The van der Waals surface area contributed by atoms with Crippen LogP contribution in [-0.2, 0) is 6.54 Å². The summed E-state index contributed by atoms with van der Waals surface area (Å²) in [6.45, 7) is 3.33. The topological polar surface area (TPSA) is 69.9 Å². The number of nitrogens with zero attached hydrogens (tertiary/aromatic N) is 4. The van der Waals surface area contributed by atoms with E-state index in [9.17, 15) is 22.4 Å². The van der Waals surface area contributed by atoms with Crippen LogP contribution < -0.4 is 10.3 Å². The molecule has 0 radical (unpaired) electrons. The highest BCUT2D eigenvalue weighted by Gasteiger charge is 2.33. The highest BCUT2D eigenvalue weighted by Crippen LogP contribution is 2.41. The molecule has 0 N–H and O–H groups in total. The minimum Gasteiger partial charge on any atom is -0.404 e. The number of hydrogen-bond donors (Lipinski definition) is 0. The molecular weight excluding hydrogens is 500 g/mol. The summed E-state index contributed by atoms with van der Waals surface area (Å²) in [5.41, 5.74) is 2.12. The van der Waals surface area contributed by atoms with Gasteiger partial charge in [0.15, 0.2) is 5.75 Å². The molecular formula is C28H26F4N4O2. The van der Waals surface area contributed by atoms with E-state index in [2.05, 4.69) is 19.7 Å². The summed E-state index contributed by atoms with van der Waals surface area (Å²) in [6, 6.07) is 9.37. The Morgan fingerprint density at radius 3 is 2.47 bits per heavy atom. The van der Waals surface area contributed by atoms with E-state index in [0.717, 1.165) is 24.0 Å².